The van der Waals surface area contributed by atoms with Crippen molar-refractivity contribution in [2.24, 2.45) is 5.92 Å². The normalized spacial score (nSPS) is 19.3. The molecule has 4 rings (SSSR count). The van der Waals surface area contributed by atoms with Crippen molar-refractivity contribution in [3.05, 3.63) is 71.8 Å². The fourth-order valence-electron chi connectivity index (χ4n) is 4.81. The maximum Gasteiger partial charge on any atom is 0.407 e. The highest BCUT2D eigenvalue weighted by molar-refractivity contribution is 5.80. The van der Waals surface area contributed by atoms with Gasteiger partial charge in [-0.3, -0.25) is 4.79 Å². The SMILES string of the molecule is COC(CCNC(=O)C1CC=CC(NC(=O)OCC2c3ccccc3-c3ccccc32)C1)C(=O)O. The first-order chi connectivity index (χ1) is 17.0. The molecule has 184 valence electrons. The van der Waals surface area contributed by atoms with E-state index in [-0.39, 0.29) is 43.4 Å². The average Bonchev–Trinajstić information content (AvgIpc) is 3.19. The molecule has 2 aromatic rings. The molecular weight excluding hydrogens is 448 g/mol. The number of hydrogen-bond acceptors (Lipinski definition) is 5. The molecule has 3 N–H and O–H groups in total. The van der Waals surface area contributed by atoms with Crippen LogP contribution in [0.4, 0.5) is 4.79 Å². The minimum absolute atomic E-state index is 0.0182. The first kappa shape index (κ1) is 24.5. The predicted octanol–water partition coefficient (Wildman–Crippen LogP) is 3.47. The molecule has 0 aliphatic heterocycles. The Labute approximate surface area is 204 Å². The summed E-state index contributed by atoms with van der Waals surface area (Å²) < 4.78 is 10.5. The molecule has 8 heteroatoms. The van der Waals surface area contributed by atoms with Crippen LogP contribution in [0.3, 0.4) is 0 Å². The van der Waals surface area contributed by atoms with E-state index in [4.69, 9.17) is 14.6 Å². The Morgan fingerprint density at radius 2 is 1.71 bits per heavy atom. The van der Waals surface area contributed by atoms with E-state index in [0.29, 0.717) is 12.8 Å². The van der Waals surface area contributed by atoms with Crippen LogP contribution in [-0.2, 0) is 19.1 Å². The number of fused-ring (bicyclic) bond motifs is 3. The predicted molar refractivity (Wildman–Crippen MR) is 130 cm³/mol. The third-order valence-corrected chi connectivity index (χ3v) is 6.61. The monoisotopic (exact) mass is 478 g/mol. The van der Waals surface area contributed by atoms with Gasteiger partial charge in [-0.05, 0) is 35.1 Å². The van der Waals surface area contributed by atoms with Crippen LogP contribution in [0.15, 0.2) is 60.7 Å². The first-order valence-electron chi connectivity index (χ1n) is 11.8. The quantitative estimate of drug-likeness (QED) is 0.476. The van der Waals surface area contributed by atoms with Crippen molar-refractivity contribution in [2.75, 3.05) is 20.3 Å². The highest BCUT2D eigenvalue weighted by atomic mass is 16.5. The molecule has 0 bridgehead atoms. The first-order valence-corrected chi connectivity index (χ1v) is 11.8. The van der Waals surface area contributed by atoms with Gasteiger partial charge in [-0.25, -0.2) is 9.59 Å². The van der Waals surface area contributed by atoms with E-state index in [1.54, 1.807) is 0 Å². The standard InChI is InChI=1S/C27H30N2O6/c1-34-24(26(31)32)13-14-28-25(30)17-7-6-8-18(15-17)29-27(33)35-16-23-21-11-4-2-9-19(21)20-10-3-5-12-22(20)23/h2-6,8-12,17-18,23-24H,7,13-16H2,1H3,(H,28,30)(H,29,33)(H,31,32). The van der Waals surface area contributed by atoms with E-state index in [2.05, 4.69) is 34.9 Å². The lowest BCUT2D eigenvalue weighted by Crippen LogP contribution is -2.41. The van der Waals surface area contributed by atoms with Crippen LogP contribution in [0, 0.1) is 5.92 Å². The van der Waals surface area contributed by atoms with Crippen LogP contribution < -0.4 is 10.6 Å². The Kier molecular flexibility index (Phi) is 7.82. The number of aliphatic carboxylic acids is 1. The van der Waals surface area contributed by atoms with Gasteiger partial charge in [-0.1, -0.05) is 60.7 Å². The van der Waals surface area contributed by atoms with E-state index < -0.39 is 18.2 Å². The molecule has 3 unspecified atom stereocenters. The molecule has 2 amide bonds. The molecule has 0 saturated carbocycles. The number of rotatable bonds is 9. The Morgan fingerprint density at radius 3 is 2.34 bits per heavy atom. The molecule has 0 saturated heterocycles. The van der Waals surface area contributed by atoms with Crippen molar-refractivity contribution in [2.45, 2.75) is 37.3 Å². The molecule has 3 atom stereocenters. The van der Waals surface area contributed by atoms with E-state index >= 15 is 0 Å². The molecule has 0 fully saturated rings. The third kappa shape index (κ3) is 5.71. The van der Waals surface area contributed by atoms with E-state index in [0.717, 1.165) is 11.1 Å². The number of allylic oxidation sites excluding steroid dienone is 1. The van der Waals surface area contributed by atoms with Crippen molar-refractivity contribution in [1.82, 2.24) is 10.6 Å². The lowest BCUT2D eigenvalue weighted by molar-refractivity contribution is -0.149. The second-order valence-corrected chi connectivity index (χ2v) is 8.82. The molecule has 2 aromatic carbocycles. The lowest BCUT2D eigenvalue weighted by atomic mass is 9.90. The average molecular weight is 479 g/mol. The van der Waals surface area contributed by atoms with Crippen LogP contribution in [-0.4, -0.2) is 55.5 Å². The molecule has 0 spiro atoms. The van der Waals surface area contributed by atoms with Crippen LogP contribution in [0.5, 0.6) is 0 Å². The van der Waals surface area contributed by atoms with Gasteiger partial charge in [0.2, 0.25) is 5.91 Å². The molecule has 35 heavy (non-hydrogen) atoms. The largest absolute Gasteiger partial charge is 0.479 e. The molecule has 2 aliphatic carbocycles. The summed E-state index contributed by atoms with van der Waals surface area (Å²) >= 11 is 0. The smallest absolute Gasteiger partial charge is 0.407 e. The van der Waals surface area contributed by atoms with Crippen molar-refractivity contribution in [3.8, 4) is 11.1 Å². The maximum absolute atomic E-state index is 12.6. The third-order valence-electron chi connectivity index (χ3n) is 6.61. The second-order valence-electron chi connectivity index (χ2n) is 8.82. The summed E-state index contributed by atoms with van der Waals surface area (Å²) in [6.45, 7) is 0.429. The number of carbonyl (C=O) groups is 3. The number of methoxy groups -OCH3 is 1. The Hall–Kier alpha value is -3.65. The van der Waals surface area contributed by atoms with Gasteiger partial charge >= 0.3 is 12.1 Å². The highest BCUT2D eigenvalue weighted by Crippen LogP contribution is 2.44. The highest BCUT2D eigenvalue weighted by Gasteiger charge is 2.30. The molecule has 8 nitrogen and oxygen atoms in total. The van der Waals surface area contributed by atoms with Crippen LogP contribution in [0.1, 0.15) is 36.3 Å². The van der Waals surface area contributed by atoms with Crippen molar-refractivity contribution < 1.29 is 29.0 Å². The fraction of sp³-hybridized carbons (Fsp3) is 0.370. The topological polar surface area (TPSA) is 114 Å². The lowest BCUT2D eigenvalue weighted by Gasteiger charge is -2.25. The fourth-order valence-corrected chi connectivity index (χ4v) is 4.81. The summed E-state index contributed by atoms with van der Waals surface area (Å²) in [7, 11) is 1.33. The Bertz CT molecular complexity index is 1070. The van der Waals surface area contributed by atoms with Gasteiger partial charge in [-0.2, -0.15) is 0 Å². The van der Waals surface area contributed by atoms with Gasteiger partial charge in [0.15, 0.2) is 6.10 Å². The van der Waals surface area contributed by atoms with E-state index in [1.165, 1.54) is 18.2 Å². The van der Waals surface area contributed by atoms with Crippen LogP contribution in [0.2, 0.25) is 0 Å². The molecular formula is C27H30N2O6. The Morgan fingerprint density at radius 1 is 1.06 bits per heavy atom. The van der Waals surface area contributed by atoms with Gasteiger partial charge in [-0.15, -0.1) is 0 Å². The van der Waals surface area contributed by atoms with Crippen LogP contribution in [0.25, 0.3) is 11.1 Å². The van der Waals surface area contributed by atoms with Crippen molar-refractivity contribution >= 4 is 18.0 Å². The molecule has 0 radical (unpaired) electrons. The summed E-state index contributed by atoms with van der Waals surface area (Å²) in [5, 5.41) is 14.6. The number of nitrogens with one attached hydrogen (secondary N) is 2. The van der Waals surface area contributed by atoms with Crippen molar-refractivity contribution in [1.29, 1.82) is 0 Å². The van der Waals surface area contributed by atoms with E-state index in [1.807, 2.05) is 36.4 Å². The number of carbonyl (C=O) groups excluding carboxylic acids is 2. The Balaban J connectivity index is 1.27. The van der Waals surface area contributed by atoms with Crippen LogP contribution >= 0.6 is 0 Å². The number of hydrogen-bond donors (Lipinski definition) is 3. The number of amides is 2. The number of alkyl carbamates (subject to hydrolysis) is 1. The number of carboxylic acids is 1. The summed E-state index contributed by atoms with van der Waals surface area (Å²) in [6, 6.07) is 16.0. The summed E-state index contributed by atoms with van der Waals surface area (Å²) in [5.74, 6) is -1.57. The molecule has 0 aromatic heterocycles. The number of ether oxygens (including phenoxy) is 2. The van der Waals surface area contributed by atoms with Gasteiger partial charge in [0.05, 0.1) is 6.04 Å². The van der Waals surface area contributed by atoms with Gasteiger partial charge in [0.25, 0.3) is 0 Å². The molecule has 2 aliphatic rings. The molecule has 0 heterocycles. The van der Waals surface area contributed by atoms with Gasteiger partial charge < -0.3 is 25.2 Å². The van der Waals surface area contributed by atoms with Gasteiger partial charge in [0.1, 0.15) is 6.61 Å². The summed E-state index contributed by atoms with van der Waals surface area (Å²) in [4.78, 5) is 36.1. The van der Waals surface area contributed by atoms with Crippen molar-refractivity contribution in [3.63, 3.8) is 0 Å². The number of benzene rings is 2. The number of carboxylic acid groups (broad SMARTS) is 1. The minimum atomic E-state index is -1.06. The zero-order chi connectivity index (χ0) is 24.8. The summed E-state index contributed by atoms with van der Waals surface area (Å²) in [5.41, 5.74) is 4.63. The van der Waals surface area contributed by atoms with E-state index in [9.17, 15) is 14.4 Å². The van der Waals surface area contributed by atoms with Gasteiger partial charge in [0, 0.05) is 31.9 Å². The zero-order valence-electron chi connectivity index (χ0n) is 19.6. The minimum Gasteiger partial charge on any atom is -0.479 e. The zero-order valence-corrected chi connectivity index (χ0v) is 19.6. The second kappa shape index (κ2) is 11.2. The maximum atomic E-state index is 12.6. The summed E-state index contributed by atoms with van der Waals surface area (Å²) in [6.07, 6.45) is 3.45.